The number of likely N-dealkylation sites (tertiary alicyclic amines) is 1. The summed E-state index contributed by atoms with van der Waals surface area (Å²) in [5.74, 6) is 0.172. The van der Waals surface area contributed by atoms with Gasteiger partial charge in [-0.25, -0.2) is 14.6 Å². The van der Waals surface area contributed by atoms with Crippen molar-refractivity contribution in [2.75, 3.05) is 6.54 Å². The monoisotopic (exact) mass is 548 g/mol. The van der Waals surface area contributed by atoms with Crippen LogP contribution in [0.2, 0.25) is 10.0 Å². The molecule has 192 valence electrons. The van der Waals surface area contributed by atoms with Crippen LogP contribution in [0.15, 0.2) is 30.5 Å². The largest absolute Gasteiger partial charge is 0.368 e. The third-order valence-corrected chi connectivity index (χ3v) is 8.10. The first kappa shape index (κ1) is 26.9. The van der Waals surface area contributed by atoms with E-state index in [0.717, 1.165) is 60.3 Å². The number of hydrogen-bond acceptors (Lipinski definition) is 5. The second-order valence-electron chi connectivity index (χ2n) is 9.81. The molecule has 0 radical (unpaired) electrons. The number of primary amides is 1. The Hall–Kier alpha value is -2.19. The maximum atomic E-state index is 11.9. The van der Waals surface area contributed by atoms with Gasteiger partial charge in [-0.2, -0.15) is 5.10 Å². The minimum atomic E-state index is -0.209. The molecule has 2 aromatic heterocycles. The summed E-state index contributed by atoms with van der Waals surface area (Å²) >= 11 is 12.6. The number of nitrogens with two attached hydrogens (primary N) is 1. The fraction of sp³-hybridized carbons (Fsp3) is 0.462. The maximum absolute atomic E-state index is 11.9. The van der Waals surface area contributed by atoms with Gasteiger partial charge in [0.2, 0.25) is 5.91 Å². The maximum Gasteiger partial charge on any atom is 0.234 e. The molecule has 1 aromatic carbocycles. The topological polar surface area (TPSA) is 89.9 Å². The summed E-state index contributed by atoms with van der Waals surface area (Å²) in [5.41, 5.74) is 11.0. The number of fused-ring (bicyclic) bond motifs is 1. The van der Waals surface area contributed by atoms with Crippen molar-refractivity contribution in [3.63, 3.8) is 0 Å². The molecule has 0 saturated carbocycles. The van der Waals surface area contributed by atoms with Crippen LogP contribution in [0.1, 0.15) is 62.5 Å². The lowest BCUT2D eigenvalue weighted by Crippen LogP contribution is -2.48. The zero-order valence-corrected chi connectivity index (χ0v) is 22.9. The highest BCUT2D eigenvalue weighted by Gasteiger charge is 2.37. The first-order valence-corrected chi connectivity index (χ1v) is 12.9. The Bertz CT molecular complexity index is 1320. The number of carbonyl (C=O) groups is 1. The second-order valence-corrected chi connectivity index (χ2v) is 10.7. The molecule has 2 aliphatic rings. The highest BCUT2D eigenvalue weighted by molar-refractivity contribution is 6.35. The first-order chi connectivity index (χ1) is 16.7. The number of benzene rings is 1. The van der Waals surface area contributed by atoms with Crippen LogP contribution >= 0.6 is 35.6 Å². The predicted octanol–water partition coefficient (Wildman–Crippen LogP) is 5.60. The number of nitrogens with zero attached hydrogens (tertiary/aromatic N) is 5. The molecule has 5 rings (SSSR count). The van der Waals surface area contributed by atoms with Gasteiger partial charge < -0.3 is 5.73 Å². The average Bonchev–Trinajstić information content (AvgIpc) is 3.43. The molecule has 0 bridgehead atoms. The molecule has 1 saturated heterocycles. The van der Waals surface area contributed by atoms with Gasteiger partial charge in [0.15, 0.2) is 5.65 Å². The van der Waals surface area contributed by atoms with Crippen LogP contribution in [0.25, 0.3) is 16.7 Å². The Morgan fingerprint density at radius 3 is 2.75 bits per heavy atom. The standard InChI is InChI=1S/C26H30Cl2N6O.ClH/c1-14-11-17(6-9-22(14)33-10-4-5-23(33)25(29)35)21-13-30-24-15(2)32-34(26(24)31-21)16(3)19-8-7-18(27)12-20(19)28;/h6-8,12-14,16,22-23H,4-5,9-11H2,1-3H3,(H2,29,35);1H/t14-,16-,22+,23+;/m1./s1. The Morgan fingerprint density at radius 1 is 1.28 bits per heavy atom. The molecule has 0 spiro atoms. The number of aromatic nitrogens is 4. The van der Waals surface area contributed by atoms with E-state index in [0.29, 0.717) is 22.0 Å². The van der Waals surface area contributed by atoms with Crippen molar-refractivity contribution < 1.29 is 4.79 Å². The highest BCUT2D eigenvalue weighted by atomic mass is 35.5. The van der Waals surface area contributed by atoms with Crippen molar-refractivity contribution >= 4 is 58.3 Å². The zero-order valence-electron chi connectivity index (χ0n) is 20.6. The molecule has 1 aliphatic heterocycles. The van der Waals surface area contributed by atoms with Crippen molar-refractivity contribution in [2.24, 2.45) is 11.7 Å². The van der Waals surface area contributed by atoms with Gasteiger partial charge in [0.25, 0.3) is 0 Å². The van der Waals surface area contributed by atoms with Gasteiger partial charge in [0, 0.05) is 16.1 Å². The number of halogens is 3. The van der Waals surface area contributed by atoms with Crippen LogP contribution in [0.3, 0.4) is 0 Å². The minimum Gasteiger partial charge on any atom is -0.368 e. The number of amides is 1. The van der Waals surface area contributed by atoms with Crippen molar-refractivity contribution in [1.82, 2.24) is 24.6 Å². The Morgan fingerprint density at radius 2 is 2.06 bits per heavy atom. The second kappa shape index (κ2) is 10.7. The molecule has 36 heavy (non-hydrogen) atoms. The zero-order chi connectivity index (χ0) is 24.9. The molecule has 1 amide bonds. The molecule has 1 aliphatic carbocycles. The third kappa shape index (κ3) is 4.86. The van der Waals surface area contributed by atoms with Crippen LogP contribution in [0, 0.1) is 12.8 Å². The van der Waals surface area contributed by atoms with E-state index < -0.39 is 0 Å². The number of aryl methyl sites for hydroxylation is 1. The van der Waals surface area contributed by atoms with Gasteiger partial charge in [-0.1, -0.05) is 42.3 Å². The Labute approximate surface area is 227 Å². The normalized spacial score (nSPS) is 23.4. The van der Waals surface area contributed by atoms with Crippen molar-refractivity contribution in [3.8, 4) is 0 Å². The van der Waals surface area contributed by atoms with E-state index in [1.807, 2.05) is 36.9 Å². The van der Waals surface area contributed by atoms with E-state index in [4.69, 9.17) is 44.0 Å². The summed E-state index contributed by atoms with van der Waals surface area (Å²) in [6.07, 6.45) is 7.73. The molecule has 4 atom stereocenters. The van der Waals surface area contributed by atoms with E-state index in [9.17, 15) is 4.79 Å². The van der Waals surface area contributed by atoms with E-state index in [-0.39, 0.29) is 30.4 Å². The van der Waals surface area contributed by atoms with Crippen LogP contribution in [0.4, 0.5) is 0 Å². The number of hydrogen-bond donors (Lipinski definition) is 1. The Balaban J connectivity index is 0.00000304. The summed E-state index contributed by atoms with van der Waals surface area (Å²) in [6.45, 7) is 7.17. The molecular formula is C26H31Cl3N6O. The lowest BCUT2D eigenvalue weighted by Gasteiger charge is -2.38. The fourth-order valence-electron chi connectivity index (χ4n) is 5.67. The summed E-state index contributed by atoms with van der Waals surface area (Å²) < 4.78 is 1.90. The molecule has 10 heteroatoms. The lowest BCUT2D eigenvalue weighted by atomic mass is 9.83. The number of rotatable bonds is 5. The Kier molecular flexibility index (Phi) is 7.95. The van der Waals surface area contributed by atoms with E-state index >= 15 is 0 Å². The SMILES string of the molecule is Cc1nn([C@H](C)c2ccc(Cl)cc2Cl)c2nc(C3=CC[C@H](N4CCC[C@H]4C(N)=O)[C@H](C)C3)cnc12.Cl. The summed E-state index contributed by atoms with van der Waals surface area (Å²) in [5, 5.41) is 5.95. The fourth-order valence-corrected chi connectivity index (χ4v) is 6.24. The van der Waals surface area contributed by atoms with Gasteiger partial charge in [0.05, 0.1) is 29.7 Å². The molecule has 0 unspecified atom stereocenters. The van der Waals surface area contributed by atoms with Gasteiger partial charge >= 0.3 is 0 Å². The highest BCUT2D eigenvalue weighted by Crippen LogP contribution is 2.37. The third-order valence-electron chi connectivity index (χ3n) is 7.53. The molecular weight excluding hydrogens is 519 g/mol. The van der Waals surface area contributed by atoms with Crippen LogP contribution < -0.4 is 5.73 Å². The summed E-state index contributed by atoms with van der Waals surface area (Å²) in [7, 11) is 0. The first-order valence-electron chi connectivity index (χ1n) is 12.2. The molecule has 7 nitrogen and oxygen atoms in total. The van der Waals surface area contributed by atoms with Crippen LogP contribution in [-0.2, 0) is 4.79 Å². The molecule has 3 heterocycles. The molecule has 3 aromatic rings. The lowest BCUT2D eigenvalue weighted by molar-refractivity contribution is -0.123. The van der Waals surface area contributed by atoms with Crippen molar-refractivity contribution in [1.29, 1.82) is 0 Å². The average molecular weight is 550 g/mol. The summed E-state index contributed by atoms with van der Waals surface area (Å²) in [4.78, 5) is 24.0. The smallest absolute Gasteiger partial charge is 0.234 e. The minimum absolute atomic E-state index is 0. The predicted molar refractivity (Wildman–Crippen MR) is 147 cm³/mol. The molecule has 1 fully saturated rings. The molecule has 2 N–H and O–H groups in total. The quantitative estimate of drug-likeness (QED) is 0.447. The van der Waals surface area contributed by atoms with Gasteiger partial charge in [-0.05, 0) is 75.3 Å². The van der Waals surface area contributed by atoms with E-state index in [2.05, 4.69) is 17.9 Å². The van der Waals surface area contributed by atoms with Crippen LogP contribution in [0.5, 0.6) is 0 Å². The van der Waals surface area contributed by atoms with Gasteiger partial charge in [0.1, 0.15) is 5.52 Å². The number of carbonyl (C=O) groups excluding carboxylic acids is 1. The van der Waals surface area contributed by atoms with Crippen molar-refractivity contribution in [2.45, 2.75) is 64.6 Å². The van der Waals surface area contributed by atoms with E-state index in [1.165, 1.54) is 5.57 Å². The van der Waals surface area contributed by atoms with Gasteiger partial charge in [-0.3, -0.25) is 9.69 Å². The van der Waals surface area contributed by atoms with Crippen molar-refractivity contribution in [3.05, 3.63) is 57.5 Å². The van der Waals surface area contributed by atoms with E-state index in [1.54, 1.807) is 6.07 Å². The van der Waals surface area contributed by atoms with Gasteiger partial charge in [-0.15, -0.1) is 12.4 Å². The number of allylic oxidation sites excluding steroid dienone is 1. The van der Waals surface area contributed by atoms with Crippen LogP contribution in [-0.4, -0.2) is 49.2 Å². The summed E-state index contributed by atoms with van der Waals surface area (Å²) in [6, 6.07) is 5.55.